The predicted octanol–water partition coefficient (Wildman–Crippen LogP) is 5.51. The Bertz CT molecular complexity index is 1820. The molecule has 0 aliphatic carbocycles. The fourth-order valence-corrected chi connectivity index (χ4v) is 6.74. The van der Waals surface area contributed by atoms with Gasteiger partial charge in [0.25, 0.3) is 10.0 Å². The molecule has 1 atom stereocenters. The molecule has 11 heteroatoms. The molecule has 1 aliphatic rings. The Kier molecular flexibility index (Phi) is 11.0. The van der Waals surface area contributed by atoms with Crippen LogP contribution in [0.25, 0.3) is 0 Å². The van der Waals surface area contributed by atoms with Crippen LogP contribution >= 0.6 is 0 Å². The number of rotatable bonds is 13. The summed E-state index contributed by atoms with van der Waals surface area (Å²) in [5, 5.41) is 2.98. The van der Waals surface area contributed by atoms with Crippen molar-refractivity contribution in [1.29, 1.82) is 0 Å². The summed E-state index contributed by atoms with van der Waals surface area (Å²) in [4.78, 5) is 29.8. The predicted molar refractivity (Wildman–Crippen MR) is 182 cm³/mol. The highest BCUT2D eigenvalue weighted by atomic mass is 32.2. The van der Waals surface area contributed by atoms with Crippen LogP contribution in [0, 0.1) is 18.7 Å². The van der Waals surface area contributed by atoms with E-state index in [-0.39, 0.29) is 47.7 Å². The van der Waals surface area contributed by atoms with Crippen molar-refractivity contribution in [3.8, 4) is 11.5 Å². The van der Waals surface area contributed by atoms with Crippen LogP contribution in [0.3, 0.4) is 0 Å². The van der Waals surface area contributed by atoms with Crippen LogP contribution in [0.4, 0.5) is 10.1 Å². The highest BCUT2D eigenvalue weighted by molar-refractivity contribution is 7.92. The number of aryl methyl sites for hydroxylation is 1. The molecule has 4 aromatic rings. The molecule has 48 heavy (non-hydrogen) atoms. The molecule has 0 fully saturated rings. The molecule has 252 valence electrons. The zero-order chi connectivity index (χ0) is 34.3. The molecular formula is C37H40FN3O6S. The Balaban J connectivity index is 1.56. The Hall–Kier alpha value is -4.90. The fourth-order valence-electron chi connectivity index (χ4n) is 5.31. The van der Waals surface area contributed by atoms with Crippen molar-refractivity contribution >= 4 is 27.5 Å². The molecule has 1 aliphatic heterocycles. The summed E-state index contributed by atoms with van der Waals surface area (Å²) in [6, 6.07) is 25.1. The third-order valence-electron chi connectivity index (χ3n) is 7.92. The van der Waals surface area contributed by atoms with Crippen LogP contribution in [0.1, 0.15) is 30.5 Å². The molecular weight excluding hydrogens is 633 g/mol. The van der Waals surface area contributed by atoms with Crippen molar-refractivity contribution in [2.75, 3.05) is 30.6 Å². The second-order valence-corrected chi connectivity index (χ2v) is 14.0. The molecule has 2 amide bonds. The zero-order valence-corrected chi connectivity index (χ0v) is 28.1. The van der Waals surface area contributed by atoms with Crippen molar-refractivity contribution in [2.24, 2.45) is 5.92 Å². The van der Waals surface area contributed by atoms with Gasteiger partial charge >= 0.3 is 0 Å². The average molecular weight is 674 g/mol. The van der Waals surface area contributed by atoms with Crippen molar-refractivity contribution in [1.82, 2.24) is 10.2 Å². The average Bonchev–Trinajstić information content (AvgIpc) is 3.09. The Labute approximate surface area is 281 Å². The third kappa shape index (κ3) is 8.51. The van der Waals surface area contributed by atoms with Crippen molar-refractivity contribution in [3.05, 3.63) is 120 Å². The van der Waals surface area contributed by atoms with Gasteiger partial charge in [-0.2, -0.15) is 0 Å². The lowest BCUT2D eigenvalue weighted by molar-refractivity contribution is -0.140. The van der Waals surface area contributed by atoms with E-state index in [1.54, 1.807) is 0 Å². The van der Waals surface area contributed by atoms with Gasteiger partial charge in [0.1, 0.15) is 31.6 Å². The van der Waals surface area contributed by atoms with Gasteiger partial charge in [-0.15, -0.1) is 0 Å². The second-order valence-electron chi connectivity index (χ2n) is 12.1. The Morgan fingerprint density at radius 1 is 0.854 bits per heavy atom. The van der Waals surface area contributed by atoms with Crippen LogP contribution in [0.5, 0.6) is 11.5 Å². The normalized spacial score (nSPS) is 13.1. The fraction of sp³-hybridized carbons (Fsp3) is 0.297. The summed E-state index contributed by atoms with van der Waals surface area (Å²) in [5.41, 5.74) is 2.72. The molecule has 0 unspecified atom stereocenters. The van der Waals surface area contributed by atoms with Gasteiger partial charge in [-0.05, 0) is 60.4 Å². The Morgan fingerprint density at radius 2 is 1.52 bits per heavy atom. The van der Waals surface area contributed by atoms with Gasteiger partial charge in [-0.25, -0.2) is 12.8 Å². The number of nitrogens with one attached hydrogen (secondary N) is 1. The summed E-state index contributed by atoms with van der Waals surface area (Å²) in [7, 11) is -4.41. The molecule has 0 spiro atoms. The number of amides is 2. The lowest BCUT2D eigenvalue weighted by atomic mass is 10.0. The van der Waals surface area contributed by atoms with Crippen molar-refractivity contribution in [3.63, 3.8) is 0 Å². The van der Waals surface area contributed by atoms with Gasteiger partial charge in [-0.1, -0.05) is 74.0 Å². The standard InChI is InChI=1S/C37H40FN3O6S/c1-26(2)23-39-37(43)33(21-28-7-5-4-6-8-28)40(24-29-11-9-27(3)10-12-29)36(42)25-41(31-15-13-30(38)14-16-31)48(44,45)32-17-18-34-35(22-32)47-20-19-46-34/h4-18,22,26,33H,19-21,23-25H2,1-3H3,(H,39,43)/t33-/m0/s1. The third-order valence-corrected chi connectivity index (χ3v) is 9.69. The first-order valence-corrected chi connectivity index (χ1v) is 17.3. The SMILES string of the molecule is Cc1ccc(CN(C(=O)CN(c2ccc(F)cc2)S(=O)(=O)c2ccc3c(c2)OCCO3)[C@@H](Cc2ccccc2)C(=O)NCC(C)C)cc1. The molecule has 0 bridgehead atoms. The molecule has 0 saturated carbocycles. The van der Waals surface area contributed by atoms with Crippen LogP contribution in [0.15, 0.2) is 102 Å². The number of carbonyl (C=O) groups excluding carboxylic acids is 2. The molecule has 4 aromatic carbocycles. The van der Waals surface area contributed by atoms with Crippen LogP contribution in [0.2, 0.25) is 0 Å². The lowest BCUT2D eigenvalue weighted by Gasteiger charge is -2.34. The number of anilines is 1. The van der Waals surface area contributed by atoms with E-state index in [1.807, 2.05) is 75.4 Å². The van der Waals surface area contributed by atoms with Crippen molar-refractivity contribution < 1.29 is 31.9 Å². The molecule has 0 saturated heterocycles. The number of benzene rings is 4. The maximum absolute atomic E-state index is 14.6. The monoisotopic (exact) mass is 673 g/mol. The minimum absolute atomic E-state index is 0.0487. The highest BCUT2D eigenvalue weighted by Gasteiger charge is 2.35. The van der Waals surface area contributed by atoms with Gasteiger partial charge in [0.15, 0.2) is 11.5 Å². The second kappa shape index (κ2) is 15.3. The number of sulfonamides is 1. The van der Waals surface area contributed by atoms with E-state index in [9.17, 15) is 22.4 Å². The molecule has 0 aromatic heterocycles. The summed E-state index contributed by atoms with van der Waals surface area (Å²) in [5.74, 6) is -0.689. The first-order chi connectivity index (χ1) is 23.0. The van der Waals surface area contributed by atoms with Gasteiger partial charge in [0.2, 0.25) is 11.8 Å². The van der Waals surface area contributed by atoms with E-state index in [0.29, 0.717) is 18.9 Å². The number of hydrogen-bond acceptors (Lipinski definition) is 6. The quantitative estimate of drug-likeness (QED) is 0.201. The van der Waals surface area contributed by atoms with E-state index in [2.05, 4.69) is 5.32 Å². The van der Waals surface area contributed by atoms with E-state index < -0.39 is 34.3 Å². The maximum atomic E-state index is 14.6. The number of ether oxygens (including phenoxy) is 2. The summed E-state index contributed by atoms with van der Waals surface area (Å²) in [6.45, 7) is 6.29. The number of nitrogens with zero attached hydrogens (tertiary/aromatic N) is 2. The first-order valence-electron chi connectivity index (χ1n) is 15.9. The zero-order valence-electron chi connectivity index (χ0n) is 27.3. The summed E-state index contributed by atoms with van der Waals surface area (Å²) >= 11 is 0. The Morgan fingerprint density at radius 3 is 2.19 bits per heavy atom. The maximum Gasteiger partial charge on any atom is 0.264 e. The summed E-state index contributed by atoms with van der Waals surface area (Å²) in [6.07, 6.45) is 0.202. The van der Waals surface area contributed by atoms with Gasteiger partial charge < -0.3 is 19.7 Å². The minimum atomic E-state index is -4.41. The topological polar surface area (TPSA) is 105 Å². The lowest BCUT2D eigenvalue weighted by Crippen LogP contribution is -2.53. The largest absolute Gasteiger partial charge is 0.486 e. The minimum Gasteiger partial charge on any atom is -0.486 e. The van der Waals surface area contributed by atoms with E-state index in [0.717, 1.165) is 33.1 Å². The van der Waals surface area contributed by atoms with Gasteiger partial charge in [0, 0.05) is 25.6 Å². The molecule has 9 nitrogen and oxygen atoms in total. The number of hydrogen-bond donors (Lipinski definition) is 1. The molecule has 1 heterocycles. The summed E-state index contributed by atoms with van der Waals surface area (Å²) < 4.78 is 54.8. The van der Waals surface area contributed by atoms with Gasteiger partial charge in [0.05, 0.1) is 10.6 Å². The van der Waals surface area contributed by atoms with Crippen LogP contribution < -0.4 is 19.1 Å². The first kappa shape index (κ1) is 34.4. The highest BCUT2D eigenvalue weighted by Crippen LogP contribution is 2.34. The molecule has 1 N–H and O–H groups in total. The van der Waals surface area contributed by atoms with Crippen molar-refractivity contribution in [2.45, 2.75) is 44.7 Å². The number of fused-ring (bicyclic) bond motifs is 1. The molecule has 0 radical (unpaired) electrons. The van der Waals surface area contributed by atoms with E-state index in [1.165, 1.54) is 35.2 Å². The van der Waals surface area contributed by atoms with E-state index >= 15 is 0 Å². The number of carbonyl (C=O) groups is 2. The van der Waals surface area contributed by atoms with Crippen LogP contribution in [-0.2, 0) is 32.6 Å². The molecule has 5 rings (SSSR count). The van der Waals surface area contributed by atoms with Gasteiger partial charge in [-0.3, -0.25) is 13.9 Å². The van der Waals surface area contributed by atoms with Crippen LogP contribution in [-0.4, -0.2) is 57.5 Å². The van der Waals surface area contributed by atoms with E-state index in [4.69, 9.17) is 9.47 Å². The smallest absolute Gasteiger partial charge is 0.264 e. The number of halogens is 1.